The molecule has 3 aromatic carbocycles. The highest BCUT2D eigenvalue weighted by Gasteiger charge is 2.46. The van der Waals surface area contributed by atoms with E-state index < -0.39 is 17.7 Å². The molecule has 0 aromatic heterocycles. The van der Waals surface area contributed by atoms with Gasteiger partial charge in [0, 0.05) is 31.7 Å². The first-order valence-corrected chi connectivity index (χ1v) is 12.6. The average Bonchev–Trinajstić information content (AvgIpc) is 3.22. The summed E-state index contributed by atoms with van der Waals surface area (Å²) in [5, 5.41) is 11.3. The predicted octanol–water partition coefficient (Wildman–Crippen LogP) is 4.24. The number of methoxy groups -OCH3 is 1. The van der Waals surface area contributed by atoms with E-state index in [0.29, 0.717) is 54.7 Å². The summed E-state index contributed by atoms with van der Waals surface area (Å²) in [4.78, 5) is 30.4. The Bertz CT molecular complexity index is 1320. The fourth-order valence-electron chi connectivity index (χ4n) is 4.81. The second-order valence-electron chi connectivity index (χ2n) is 9.16. The minimum Gasteiger partial charge on any atom is -0.507 e. The van der Waals surface area contributed by atoms with Crippen LogP contribution in [0.5, 0.6) is 17.2 Å². The number of Topliss-reactive ketones (excluding diaryl/α,β-unsaturated/α-hetero) is 1. The maximum absolute atomic E-state index is 13.4. The van der Waals surface area contributed by atoms with Crippen LogP contribution in [0, 0.1) is 0 Å². The van der Waals surface area contributed by atoms with Gasteiger partial charge in [0.2, 0.25) is 0 Å². The Hall–Kier alpha value is -4.14. The van der Waals surface area contributed by atoms with Gasteiger partial charge < -0.3 is 24.2 Å². The standard InChI is InChI=1S/C30H30N2O6/c1-36-23-12-10-21(11-13-23)28(33)26-27(22-6-5-9-25(20-22)38-24-7-3-2-4-8-24)32(30(35)29(26)34)15-14-31-16-18-37-19-17-31/h2-13,20,27,33H,14-19H2,1H3/b28-26-. The van der Waals surface area contributed by atoms with E-state index in [1.54, 1.807) is 36.3 Å². The number of para-hydroxylation sites is 1. The summed E-state index contributed by atoms with van der Waals surface area (Å²) in [5.74, 6) is 0.294. The molecule has 1 amide bonds. The first kappa shape index (κ1) is 25.5. The number of aliphatic hydroxyl groups is 1. The number of hydrogen-bond donors (Lipinski definition) is 1. The van der Waals surface area contributed by atoms with Crippen molar-refractivity contribution >= 4 is 17.4 Å². The van der Waals surface area contributed by atoms with Gasteiger partial charge in [-0.05, 0) is 54.1 Å². The van der Waals surface area contributed by atoms with Crippen molar-refractivity contribution in [2.45, 2.75) is 6.04 Å². The molecule has 3 aromatic rings. The van der Waals surface area contributed by atoms with Crippen molar-refractivity contribution in [3.05, 3.63) is 95.6 Å². The Morgan fingerprint density at radius 3 is 2.32 bits per heavy atom. The molecule has 2 heterocycles. The Morgan fingerprint density at radius 1 is 0.895 bits per heavy atom. The molecule has 1 atom stereocenters. The Labute approximate surface area is 221 Å². The zero-order chi connectivity index (χ0) is 26.5. The van der Waals surface area contributed by atoms with Crippen molar-refractivity contribution in [3.63, 3.8) is 0 Å². The molecule has 0 spiro atoms. The summed E-state index contributed by atoms with van der Waals surface area (Å²) in [6, 6.07) is 22.6. The van der Waals surface area contributed by atoms with Crippen LogP contribution in [0.15, 0.2) is 84.4 Å². The zero-order valence-electron chi connectivity index (χ0n) is 21.2. The van der Waals surface area contributed by atoms with Crippen molar-refractivity contribution in [2.75, 3.05) is 46.5 Å². The van der Waals surface area contributed by atoms with Crippen LogP contribution in [0.25, 0.3) is 5.76 Å². The molecular weight excluding hydrogens is 484 g/mol. The van der Waals surface area contributed by atoms with Gasteiger partial charge in [-0.3, -0.25) is 14.5 Å². The highest BCUT2D eigenvalue weighted by atomic mass is 16.5. The van der Waals surface area contributed by atoms with Crippen LogP contribution in [-0.4, -0.2) is 73.1 Å². The van der Waals surface area contributed by atoms with E-state index in [-0.39, 0.29) is 11.3 Å². The van der Waals surface area contributed by atoms with E-state index in [9.17, 15) is 14.7 Å². The molecule has 5 rings (SSSR count). The quantitative estimate of drug-likeness (QED) is 0.273. The summed E-state index contributed by atoms with van der Waals surface area (Å²) >= 11 is 0. The molecule has 196 valence electrons. The van der Waals surface area contributed by atoms with Gasteiger partial charge >= 0.3 is 0 Å². The first-order chi connectivity index (χ1) is 18.5. The third kappa shape index (κ3) is 5.41. The van der Waals surface area contributed by atoms with Crippen LogP contribution < -0.4 is 9.47 Å². The summed E-state index contributed by atoms with van der Waals surface area (Å²) in [6.45, 7) is 3.73. The molecular formula is C30H30N2O6. The lowest BCUT2D eigenvalue weighted by Gasteiger charge is -2.31. The maximum Gasteiger partial charge on any atom is 0.295 e. The lowest BCUT2D eigenvalue weighted by atomic mass is 9.95. The van der Waals surface area contributed by atoms with Crippen LogP contribution in [0.4, 0.5) is 0 Å². The van der Waals surface area contributed by atoms with E-state index in [1.807, 2.05) is 54.6 Å². The van der Waals surface area contributed by atoms with E-state index in [1.165, 1.54) is 0 Å². The molecule has 2 saturated heterocycles. The molecule has 1 N–H and O–H groups in total. The molecule has 2 aliphatic rings. The number of aliphatic hydroxyl groups excluding tert-OH is 1. The highest BCUT2D eigenvalue weighted by molar-refractivity contribution is 6.46. The fourth-order valence-corrected chi connectivity index (χ4v) is 4.81. The van der Waals surface area contributed by atoms with Gasteiger partial charge in [0.15, 0.2) is 0 Å². The lowest BCUT2D eigenvalue weighted by molar-refractivity contribution is -0.140. The summed E-state index contributed by atoms with van der Waals surface area (Å²) in [7, 11) is 1.55. The van der Waals surface area contributed by atoms with Gasteiger partial charge in [-0.2, -0.15) is 0 Å². The third-order valence-electron chi connectivity index (χ3n) is 6.82. The second kappa shape index (κ2) is 11.5. The lowest BCUT2D eigenvalue weighted by Crippen LogP contribution is -2.42. The number of benzene rings is 3. The van der Waals surface area contributed by atoms with E-state index in [4.69, 9.17) is 14.2 Å². The number of nitrogens with zero attached hydrogens (tertiary/aromatic N) is 2. The molecule has 8 heteroatoms. The zero-order valence-corrected chi connectivity index (χ0v) is 21.2. The highest BCUT2D eigenvalue weighted by Crippen LogP contribution is 2.40. The van der Waals surface area contributed by atoms with Gasteiger partial charge in [0.25, 0.3) is 11.7 Å². The van der Waals surface area contributed by atoms with E-state index >= 15 is 0 Å². The Balaban J connectivity index is 1.53. The van der Waals surface area contributed by atoms with Crippen molar-refractivity contribution in [1.29, 1.82) is 0 Å². The molecule has 0 saturated carbocycles. The number of ketones is 1. The number of carbonyl (C=O) groups excluding carboxylic acids is 2. The summed E-state index contributed by atoms with van der Waals surface area (Å²) < 4.78 is 16.7. The van der Waals surface area contributed by atoms with Gasteiger partial charge in [-0.15, -0.1) is 0 Å². The topological polar surface area (TPSA) is 88.5 Å². The molecule has 2 fully saturated rings. The maximum atomic E-state index is 13.4. The minimum absolute atomic E-state index is 0.0546. The largest absolute Gasteiger partial charge is 0.507 e. The molecule has 2 aliphatic heterocycles. The summed E-state index contributed by atoms with van der Waals surface area (Å²) in [6.07, 6.45) is 0. The van der Waals surface area contributed by atoms with Crippen molar-refractivity contribution in [3.8, 4) is 17.2 Å². The third-order valence-corrected chi connectivity index (χ3v) is 6.82. The molecule has 38 heavy (non-hydrogen) atoms. The normalized spacial score (nSPS) is 19.5. The smallest absolute Gasteiger partial charge is 0.295 e. The molecule has 0 bridgehead atoms. The molecule has 0 aliphatic carbocycles. The predicted molar refractivity (Wildman–Crippen MR) is 142 cm³/mol. The Kier molecular flexibility index (Phi) is 7.72. The van der Waals surface area contributed by atoms with Gasteiger partial charge in [0.05, 0.1) is 31.9 Å². The molecule has 0 radical (unpaired) electrons. The number of amides is 1. The van der Waals surface area contributed by atoms with E-state index in [0.717, 1.165) is 13.1 Å². The SMILES string of the molecule is COc1ccc(/C(O)=C2/C(=O)C(=O)N(CCN3CCOCC3)C2c2cccc(Oc3ccccc3)c2)cc1. The number of rotatable bonds is 8. The monoisotopic (exact) mass is 514 g/mol. The molecule has 1 unspecified atom stereocenters. The number of hydrogen-bond acceptors (Lipinski definition) is 7. The van der Waals surface area contributed by atoms with Crippen LogP contribution in [-0.2, 0) is 14.3 Å². The number of likely N-dealkylation sites (tertiary alicyclic amines) is 1. The minimum atomic E-state index is -0.766. The Morgan fingerprint density at radius 2 is 1.61 bits per heavy atom. The van der Waals surface area contributed by atoms with Crippen LogP contribution in [0.1, 0.15) is 17.2 Å². The van der Waals surface area contributed by atoms with Gasteiger partial charge in [0.1, 0.15) is 23.0 Å². The average molecular weight is 515 g/mol. The van der Waals surface area contributed by atoms with Gasteiger partial charge in [-0.1, -0.05) is 30.3 Å². The summed E-state index contributed by atoms with van der Waals surface area (Å²) in [5.41, 5.74) is 1.16. The van der Waals surface area contributed by atoms with Crippen molar-refractivity contribution in [1.82, 2.24) is 9.80 Å². The van der Waals surface area contributed by atoms with Gasteiger partial charge in [-0.25, -0.2) is 0 Å². The van der Waals surface area contributed by atoms with Crippen molar-refractivity contribution in [2.24, 2.45) is 0 Å². The van der Waals surface area contributed by atoms with Crippen LogP contribution >= 0.6 is 0 Å². The number of ether oxygens (including phenoxy) is 3. The first-order valence-electron chi connectivity index (χ1n) is 12.6. The fraction of sp³-hybridized carbons (Fsp3) is 0.267. The van der Waals surface area contributed by atoms with E-state index in [2.05, 4.69) is 4.90 Å². The second-order valence-corrected chi connectivity index (χ2v) is 9.16. The van der Waals surface area contributed by atoms with Crippen LogP contribution in [0.2, 0.25) is 0 Å². The van der Waals surface area contributed by atoms with Crippen LogP contribution in [0.3, 0.4) is 0 Å². The number of morpholine rings is 1. The van der Waals surface area contributed by atoms with Crippen molar-refractivity contribution < 1.29 is 28.9 Å². The molecule has 8 nitrogen and oxygen atoms in total. The number of carbonyl (C=O) groups is 2.